The molecule has 1 atom stereocenters. The predicted molar refractivity (Wildman–Crippen MR) is 163 cm³/mol. The summed E-state index contributed by atoms with van der Waals surface area (Å²) in [6, 6.07) is 16.7. The van der Waals surface area contributed by atoms with Crippen LogP contribution in [0.1, 0.15) is 65.7 Å². The maximum Gasteiger partial charge on any atom is 0.253 e. The summed E-state index contributed by atoms with van der Waals surface area (Å²) in [5.74, 6) is 0.820. The molecule has 3 aromatic rings. The smallest absolute Gasteiger partial charge is 0.253 e. The first-order valence-electron chi connectivity index (χ1n) is 15.4. The molecule has 6 rings (SSSR count). The standard InChI is InChI=1S/C35H40FN3O4/c1-24(38-35(40)30-18-33(20-37-19-30)43-32-12-16-41-17-13-32)26-2-4-27(5-3-26)34(28-6-8-31(36)9-7-28)29-10-14-39(15-11-29)21-25-22-42-23-25/h2-9,18-20,24-25,32H,10-17,21-23H2,1H3,(H,38,40)/t24-/m1/s1. The lowest BCUT2D eigenvalue weighted by atomic mass is 9.87. The van der Waals surface area contributed by atoms with Crippen molar-refractivity contribution in [2.45, 2.75) is 44.8 Å². The van der Waals surface area contributed by atoms with Crippen LogP contribution >= 0.6 is 0 Å². The van der Waals surface area contributed by atoms with E-state index >= 15 is 0 Å². The molecule has 0 aliphatic carbocycles. The van der Waals surface area contributed by atoms with Gasteiger partial charge in [-0.05, 0) is 60.2 Å². The minimum atomic E-state index is -0.235. The summed E-state index contributed by atoms with van der Waals surface area (Å²) < 4.78 is 30.6. The van der Waals surface area contributed by atoms with Crippen LogP contribution < -0.4 is 10.1 Å². The van der Waals surface area contributed by atoms with Crippen molar-refractivity contribution in [3.63, 3.8) is 0 Å². The molecule has 3 fully saturated rings. The zero-order chi connectivity index (χ0) is 29.6. The zero-order valence-corrected chi connectivity index (χ0v) is 24.8. The molecular weight excluding hydrogens is 545 g/mol. The molecular formula is C35H40FN3O4. The van der Waals surface area contributed by atoms with Crippen LogP contribution in [0.15, 0.2) is 72.6 Å². The van der Waals surface area contributed by atoms with E-state index in [-0.39, 0.29) is 23.9 Å². The Kier molecular flexibility index (Phi) is 9.46. The number of aromatic nitrogens is 1. The Labute approximate surface area is 253 Å². The van der Waals surface area contributed by atoms with Gasteiger partial charge >= 0.3 is 0 Å². The second-order valence-electron chi connectivity index (χ2n) is 11.8. The first-order valence-corrected chi connectivity index (χ1v) is 15.4. The maximum absolute atomic E-state index is 13.8. The number of halogens is 1. The average molecular weight is 586 g/mol. The van der Waals surface area contributed by atoms with E-state index in [1.165, 1.54) is 23.3 Å². The lowest BCUT2D eigenvalue weighted by Gasteiger charge is -2.35. The van der Waals surface area contributed by atoms with Crippen LogP contribution in [-0.2, 0) is 9.47 Å². The number of pyridine rings is 1. The largest absolute Gasteiger partial charge is 0.489 e. The van der Waals surface area contributed by atoms with Crippen molar-refractivity contribution < 1.29 is 23.4 Å². The van der Waals surface area contributed by atoms with Crippen LogP contribution in [0.2, 0.25) is 0 Å². The number of ether oxygens (including phenoxy) is 3. The number of carbonyl (C=O) groups is 1. The molecule has 8 heteroatoms. The molecule has 1 aromatic heterocycles. The number of likely N-dealkylation sites (tertiary alicyclic amines) is 1. The molecule has 1 amide bonds. The third-order valence-corrected chi connectivity index (χ3v) is 8.66. The number of hydrogen-bond donors (Lipinski definition) is 1. The minimum Gasteiger partial charge on any atom is -0.489 e. The first kappa shape index (κ1) is 29.5. The molecule has 4 heterocycles. The normalized spacial score (nSPS) is 19.0. The van der Waals surface area contributed by atoms with Gasteiger partial charge in [-0.2, -0.15) is 0 Å². The molecule has 0 radical (unpaired) electrons. The third kappa shape index (κ3) is 7.50. The van der Waals surface area contributed by atoms with E-state index in [1.807, 2.05) is 19.1 Å². The summed E-state index contributed by atoms with van der Waals surface area (Å²) in [6.45, 7) is 8.24. The van der Waals surface area contributed by atoms with Crippen LogP contribution in [0.3, 0.4) is 0 Å². The summed E-state index contributed by atoms with van der Waals surface area (Å²) in [4.78, 5) is 19.9. The van der Waals surface area contributed by atoms with Gasteiger partial charge in [0.15, 0.2) is 0 Å². The van der Waals surface area contributed by atoms with E-state index in [0.717, 1.165) is 75.2 Å². The number of nitrogens with zero attached hydrogens (tertiary/aromatic N) is 2. The molecule has 0 saturated carbocycles. The van der Waals surface area contributed by atoms with E-state index < -0.39 is 0 Å². The molecule has 0 spiro atoms. The highest BCUT2D eigenvalue weighted by Crippen LogP contribution is 2.33. The molecule has 2 aromatic carbocycles. The van der Waals surface area contributed by atoms with Crippen molar-refractivity contribution in [2.75, 3.05) is 46.1 Å². The van der Waals surface area contributed by atoms with Gasteiger partial charge in [-0.15, -0.1) is 0 Å². The number of rotatable bonds is 9. The van der Waals surface area contributed by atoms with Crippen molar-refractivity contribution in [3.8, 4) is 5.75 Å². The van der Waals surface area contributed by atoms with Crippen LogP contribution in [0, 0.1) is 11.7 Å². The third-order valence-electron chi connectivity index (χ3n) is 8.66. The Morgan fingerprint density at radius 1 is 0.977 bits per heavy atom. The van der Waals surface area contributed by atoms with Gasteiger partial charge in [-0.3, -0.25) is 9.78 Å². The molecule has 1 N–H and O–H groups in total. The fraction of sp³-hybridized carbons (Fsp3) is 0.429. The summed E-state index contributed by atoms with van der Waals surface area (Å²) in [5, 5.41) is 3.10. The fourth-order valence-electron chi connectivity index (χ4n) is 6.10. The molecule has 0 unspecified atom stereocenters. The second-order valence-corrected chi connectivity index (χ2v) is 11.8. The van der Waals surface area contributed by atoms with Crippen LogP contribution in [-0.4, -0.2) is 68.0 Å². The molecule has 0 bridgehead atoms. The Bertz CT molecular complexity index is 1410. The first-order chi connectivity index (χ1) is 21.0. The number of nitrogens with one attached hydrogen (secondary N) is 1. The maximum atomic E-state index is 13.8. The van der Waals surface area contributed by atoms with Crippen molar-refractivity contribution >= 4 is 11.5 Å². The van der Waals surface area contributed by atoms with Crippen LogP contribution in [0.25, 0.3) is 5.57 Å². The van der Waals surface area contributed by atoms with E-state index in [0.29, 0.717) is 30.4 Å². The molecule has 3 aliphatic heterocycles. The molecule has 226 valence electrons. The SMILES string of the molecule is C[C@@H](NC(=O)c1cncc(OC2CCOCC2)c1)c1ccc(C(=C2CCN(CC3COC3)CC2)c2ccc(F)cc2)cc1. The van der Waals surface area contributed by atoms with Gasteiger partial charge in [-0.1, -0.05) is 42.0 Å². The molecule has 43 heavy (non-hydrogen) atoms. The number of carbonyl (C=O) groups excluding carboxylic acids is 1. The van der Waals surface area contributed by atoms with E-state index in [9.17, 15) is 9.18 Å². The predicted octanol–water partition coefficient (Wildman–Crippen LogP) is 5.81. The summed E-state index contributed by atoms with van der Waals surface area (Å²) in [5.41, 5.74) is 6.18. The van der Waals surface area contributed by atoms with Gasteiger partial charge in [0, 0.05) is 44.6 Å². The van der Waals surface area contributed by atoms with Crippen molar-refractivity contribution in [1.82, 2.24) is 15.2 Å². The molecule has 3 aliphatic rings. The van der Waals surface area contributed by atoms with Crippen molar-refractivity contribution in [2.24, 2.45) is 5.92 Å². The van der Waals surface area contributed by atoms with Gasteiger partial charge in [0.2, 0.25) is 0 Å². The summed E-state index contributed by atoms with van der Waals surface area (Å²) in [6.07, 6.45) is 6.93. The summed E-state index contributed by atoms with van der Waals surface area (Å²) in [7, 11) is 0. The van der Waals surface area contributed by atoms with E-state index in [1.54, 1.807) is 18.5 Å². The number of hydrogen-bond acceptors (Lipinski definition) is 6. The molecule has 3 saturated heterocycles. The van der Waals surface area contributed by atoms with Gasteiger partial charge < -0.3 is 24.4 Å². The highest BCUT2D eigenvalue weighted by atomic mass is 19.1. The lowest BCUT2D eigenvalue weighted by Crippen LogP contribution is -2.42. The van der Waals surface area contributed by atoms with Crippen molar-refractivity contribution in [1.29, 1.82) is 0 Å². The van der Waals surface area contributed by atoms with Gasteiger partial charge in [0.25, 0.3) is 5.91 Å². The number of amides is 1. The Morgan fingerprint density at radius 3 is 2.30 bits per heavy atom. The zero-order valence-electron chi connectivity index (χ0n) is 24.8. The monoisotopic (exact) mass is 585 g/mol. The number of piperidine rings is 1. The fourth-order valence-corrected chi connectivity index (χ4v) is 6.10. The highest BCUT2D eigenvalue weighted by Gasteiger charge is 2.25. The Morgan fingerprint density at radius 2 is 1.65 bits per heavy atom. The Balaban J connectivity index is 1.14. The van der Waals surface area contributed by atoms with Gasteiger partial charge in [0.1, 0.15) is 17.7 Å². The lowest BCUT2D eigenvalue weighted by molar-refractivity contribution is -0.0471. The van der Waals surface area contributed by atoms with Crippen molar-refractivity contribution in [3.05, 3.63) is 101 Å². The van der Waals surface area contributed by atoms with Gasteiger partial charge in [-0.25, -0.2) is 4.39 Å². The molecule has 7 nitrogen and oxygen atoms in total. The van der Waals surface area contributed by atoms with E-state index in [2.05, 4.69) is 39.5 Å². The quantitative estimate of drug-likeness (QED) is 0.342. The summed E-state index contributed by atoms with van der Waals surface area (Å²) >= 11 is 0. The second kappa shape index (κ2) is 13.8. The Hall–Kier alpha value is -3.59. The number of benzene rings is 2. The average Bonchev–Trinajstić information content (AvgIpc) is 3.02. The van der Waals surface area contributed by atoms with Crippen LogP contribution in [0.5, 0.6) is 5.75 Å². The topological polar surface area (TPSA) is 72.9 Å². The van der Waals surface area contributed by atoms with Crippen LogP contribution in [0.4, 0.5) is 4.39 Å². The highest BCUT2D eigenvalue weighted by molar-refractivity contribution is 5.94. The minimum absolute atomic E-state index is 0.0797. The van der Waals surface area contributed by atoms with Gasteiger partial charge in [0.05, 0.1) is 44.2 Å². The van der Waals surface area contributed by atoms with E-state index in [4.69, 9.17) is 14.2 Å².